The van der Waals surface area contributed by atoms with Crippen LogP contribution < -0.4 is 0 Å². The Morgan fingerprint density at radius 2 is 2.31 bits per heavy atom. The van der Waals surface area contributed by atoms with Crippen LogP contribution in [-0.4, -0.2) is 59.2 Å². The van der Waals surface area contributed by atoms with Gasteiger partial charge in [-0.3, -0.25) is 9.88 Å². The van der Waals surface area contributed by atoms with Crippen molar-refractivity contribution in [1.82, 2.24) is 14.8 Å². The summed E-state index contributed by atoms with van der Waals surface area (Å²) >= 11 is 0. The topological polar surface area (TPSA) is 39.6 Å². The summed E-state index contributed by atoms with van der Waals surface area (Å²) in [6.45, 7) is 4.04. The van der Waals surface area contributed by atoms with Crippen molar-refractivity contribution < 1.29 is 5.11 Å². The van der Waals surface area contributed by atoms with Crippen molar-refractivity contribution in [1.29, 1.82) is 0 Å². The maximum atomic E-state index is 9.37. The Morgan fingerprint density at radius 3 is 3.00 bits per heavy atom. The maximum Gasteiger partial charge on any atom is 0.0599 e. The van der Waals surface area contributed by atoms with Crippen LogP contribution in [0.15, 0.2) is 24.4 Å². The summed E-state index contributed by atoms with van der Waals surface area (Å²) in [5, 5.41) is 9.37. The van der Waals surface area contributed by atoms with Crippen molar-refractivity contribution >= 4 is 0 Å². The van der Waals surface area contributed by atoms with Crippen LogP contribution in [0, 0.1) is 0 Å². The van der Waals surface area contributed by atoms with Crippen molar-refractivity contribution in [3.63, 3.8) is 0 Å². The first kappa shape index (κ1) is 11.5. The molecule has 1 N–H and O–H groups in total. The molecule has 2 rings (SSSR count). The Kier molecular flexibility index (Phi) is 3.88. The molecule has 4 heteroatoms. The summed E-state index contributed by atoms with van der Waals surface area (Å²) in [7, 11) is 2.10. The van der Waals surface area contributed by atoms with Crippen LogP contribution in [0.3, 0.4) is 0 Å². The highest BCUT2D eigenvalue weighted by molar-refractivity contribution is 5.04. The molecule has 1 aliphatic heterocycles. The van der Waals surface area contributed by atoms with Crippen LogP contribution in [0.25, 0.3) is 0 Å². The minimum atomic E-state index is 0.219. The van der Waals surface area contributed by atoms with Gasteiger partial charge in [-0.15, -0.1) is 0 Å². The zero-order valence-corrected chi connectivity index (χ0v) is 9.71. The van der Waals surface area contributed by atoms with Gasteiger partial charge >= 0.3 is 0 Å². The summed E-state index contributed by atoms with van der Waals surface area (Å²) in [4.78, 5) is 8.89. The number of piperazine rings is 1. The first-order chi connectivity index (χ1) is 7.79. The average Bonchev–Trinajstić information content (AvgIpc) is 2.33. The van der Waals surface area contributed by atoms with Gasteiger partial charge in [-0.2, -0.15) is 0 Å². The molecule has 0 spiro atoms. The summed E-state index contributed by atoms with van der Waals surface area (Å²) in [5.41, 5.74) is 1.07. The molecule has 0 aliphatic carbocycles. The Balaban J connectivity index is 1.98. The average molecular weight is 221 g/mol. The van der Waals surface area contributed by atoms with E-state index in [9.17, 15) is 5.11 Å². The second-order valence-electron chi connectivity index (χ2n) is 4.39. The molecule has 1 atom stereocenters. The van der Waals surface area contributed by atoms with Crippen molar-refractivity contribution in [2.45, 2.75) is 12.6 Å². The number of aromatic nitrogens is 1. The molecule has 0 radical (unpaired) electrons. The number of aliphatic hydroxyl groups excluding tert-OH is 1. The highest BCUT2D eigenvalue weighted by atomic mass is 16.3. The number of pyridine rings is 1. The molecule has 1 saturated heterocycles. The molecule has 1 aliphatic rings. The lowest BCUT2D eigenvalue weighted by Crippen LogP contribution is -2.52. The number of hydrogen-bond acceptors (Lipinski definition) is 4. The summed E-state index contributed by atoms with van der Waals surface area (Å²) < 4.78 is 0. The van der Waals surface area contributed by atoms with Gasteiger partial charge in [0, 0.05) is 38.4 Å². The van der Waals surface area contributed by atoms with E-state index in [0.29, 0.717) is 0 Å². The third kappa shape index (κ3) is 2.78. The van der Waals surface area contributed by atoms with Gasteiger partial charge in [0.2, 0.25) is 0 Å². The number of nitrogens with zero attached hydrogens (tertiary/aromatic N) is 3. The lowest BCUT2D eigenvalue weighted by molar-refractivity contribution is 0.0450. The number of hydrogen-bond donors (Lipinski definition) is 1. The third-order valence-corrected chi connectivity index (χ3v) is 3.11. The monoisotopic (exact) mass is 221 g/mol. The van der Waals surface area contributed by atoms with E-state index in [2.05, 4.69) is 21.8 Å². The second-order valence-corrected chi connectivity index (χ2v) is 4.39. The lowest BCUT2D eigenvalue weighted by atomic mass is 10.1. The molecule has 1 aromatic heterocycles. The van der Waals surface area contributed by atoms with Crippen molar-refractivity contribution in [2.75, 3.05) is 33.3 Å². The SMILES string of the molecule is CN1CCN(Cc2ccccn2)C(CO)C1. The van der Waals surface area contributed by atoms with Crippen LogP contribution >= 0.6 is 0 Å². The standard InChI is InChI=1S/C12H19N3O/c1-14-6-7-15(12(9-14)10-16)8-11-4-2-3-5-13-11/h2-5,12,16H,6-10H2,1H3. The lowest BCUT2D eigenvalue weighted by Gasteiger charge is -2.38. The number of aliphatic hydroxyl groups is 1. The molecule has 2 heterocycles. The molecule has 1 fully saturated rings. The number of likely N-dealkylation sites (N-methyl/N-ethyl adjacent to an activating group) is 1. The molecule has 0 bridgehead atoms. The Morgan fingerprint density at radius 1 is 1.44 bits per heavy atom. The van der Waals surface area contributed by atoms with Gasteiger partial charge in [-0.1, -0.05) is 6.07 Å². The van der Waals surface area contributed by atoms with Crippen molar-refractivity contribution in [2.24, 2.45) is 0 Å². The molecular formula is C12H19N3O. The van der Waals surface area contributed by atoms with E-state index in [4.69, 9.17) is 0 Å². The van der Waals surface area contributed by atoms with Gasteiger partial charge in [0.15, 0.2) is 0 Å². The molecule has 0 amide bonds. The molecule has 0 saturated carbocycles. The highest BCUT2D eigenvalue weighted by Gasteiger charge is 2.24. The Labute approximate surface area is 96.5 Å². The minimum absolute atomic E-state index is 0.219. The molecular weight excluding hydrogens is 202 g/mol. The first-order valence-corrected chi connectivity index (χ1v) is 5.73. The molecule has 4 nitrogen and oxygen atoms in total. The summed E-state index contributed by atoms with van der Waals surface area (Å²) in [6, 6.07) is 6.21. The normalized spacial score (nSPS) is 23.5. The zero-order chi connectivity index (χ0) is 11.4. The molecule has 0 aromatic carbocycles. The molecule has 88 valence electrons. The van der Waals surface area contributed by atoms with Crippen molar-refractivity contribution in [3.05, 3.63) is 30.1 Å². The smallest absolute Gasteiger partial charge is 0.0599 e. The van der Waals surface area contributed by atoms with Gasteiger partial charge in [-0.05, 0) is 19.2 Å². The van der Waals surface area contributed by atoms with E-state index < -0.39 is 0 Å². The fraction of sp³-hybridized carbons (Fsp3) is 0.583. The van der Waals surface area contributed by atoms with Crippen LogP contribution in [0.2, 0.25) is 0 Å². The van der Waals surface area contributed by atoms with Crippen LogP contribution in [0.4, 0.5) is 0 Å². The predicted molar refractivity (Wildman–Crippen MR) is 63.0 cm³/mol. The second kappa shape index (κ2) is 5.39. The van der Waals surface area contributed by atoms with Gasteiger partial charge in [0.25, 0.3) is 0 Å². The predicted octanol–water partition coefficient (Wildman–Crippen LogP) is 0.190. The van der Waals surface area contributed by atoms with E-state index in [1.165, 1.54) is 0 Å². The maximum absolute atomic E-state index is 9.37. The summed E-state index contributed by atoms with van der Waals surface area (Å²) in [6.07, 6.45) is 1.82. The van der Waals surface area contributed by atoms with Gasteiger partial charge in [0.05, 0.1) is 12.3 Å². The van der Waals surface area contributed by atoms with E-state index in [1.807, 2.05) is 24.4 Å². The van der Waals surface area contributed by atoms with Gasteiger partial charge < -0.3 is 10.0 Å². The van der Waals surface area contributed by atoms with E-state index in [-0.39, 0.29) is 12.6 Å². The van der Waals surface area contributed by atoms with Crippen LogP contribution in [0.5, 0.6) is 0 Å². The summed E-state index contributed by atoms with van der Waals surface area (Å²) in [5.74, 6) is 0. The zero-order valence-electron chi connectivity index (χ0n) is 9.71. The fourth-order valence-electron chi connectivity index (χ4n) is 2.13. The van der Waals surface area contributed by atoms with Gasteiger partial charge in [-0.25, -0.2) is 0 Å². The molecule has 1 aromatic rings. The molecule has 16 heavy (non-hydrogen) atoms. The first-order valence-electron chi connectivity index (χ1n) is 5.73. The van der Waals surface area contributed by atoms with Crippen molar-refractivity contribution in [3.8, 4) is 0 Å². The van der Waals surface area contributed by atoms with Gasteiger partial charge in [0.1, 0.15) is 0 Å². The van der Waals surface area contributed by atoms with Crippen LogP contribution in [0.1, 0.15) is 5.69 Å². The third-order valence-electron chi connectivity index (χ3n) is 3.11. The van der Waals surface area contributed by atoms with Crippen LogP contribution in [-0.2, 0) is 6.54 Å². The quantitative estimate of drug-likeness (QED) is 0.791. The minimum Gasteiger partial charge on any atom is -0.395 e. The largest absolute Gasteiger partial charge is 0.395 e. The van der Waals surface area contributed by atoms with E-state index in [1.54, 1.807) is 0 Å². The molecule has 1 unspecified atom stereocenters. The Bertz CT molecular complexity index is 317. The fourth-order valence-corrected chi connectivity index (χ4v) is 2.13. The number of rotatable bonds is 3. The Hall–Kier alpha value is -0.970. The highest BCUT2D eigenvalue weighted by Crippen LogP contribution is 2.11. The van der Waals surface area contributed by atoms with E-state index in [0.717, 1.165) is 31.9 Å². The van der Waals surface area contributed by atoms with E-state index >= 15 is 0 Å².